The van der Waals surface area contributed by atoms with Crippen molar-refractivity contribution in [2.75, 3.05) is 0 Å². The van der Waals surface area contributed by atoms with Crippen LogP contribution < -0.4 is 0 Å². The molecule has 39 heavy (non-hydrogen) atoms. The topological polar surface area (TPSA) is 104 Å². The van der Waals surface area contributed by atoms with E-state index >= 15 is 0 Å². The maximum Gasteiger partial charge on any atom is 0.336 e. The second-order valence-corrected chi connectivity index (χ2v) is 14.7. The molecule has 0 heterocycles. The lowest BCUT2D eigenvalue weighted by molar-refractivity contribution is -0.281. The van der Waals surface area contributed by atoms with Crippen molar-refractivity contribution in [2.45, 2.75) is 136 Å². The first-order valence-electron chi connectivity index (χ1n) is 15.8. The van der Waals surface area contributed by atoms with E-state index in [0.717, 1.165) is 36.5 Å². The van der Waals surface area contributed by atoms with Gasteiger partial charge in [0.2, 0.25) is 0 Å². The molecule has 0 aliphatic heterocycles. The Balaban J connectivity index is 1.50. The summed E-state index contributed by atoms with van der Waals surface area (Å²) in [6, 6.07) is 0. The Morgan fingerprint density at radius 1 is 1.05 bits per heavy atom. The summed E-state index contributed by atoms with van der Waals surface area (Å²) in [5.41, 5.74) is -0.351. The molecule has 3 saturated carbocycles. The van der Waals surface area contributed by atoms with Gasteiger partial charge in [-0.05, 0) is 91.3 Å². The van der Waals surface area contributed by atoms with Crippen molar-refractivity contribution in [1.29, 1.82) is 0 Å². The molecule has 9 atom stereocenters. The highest BCUT2D eigenvalue weighted by molar-refractivity contribution is 5.84. The minimum absolute atomic E-state index is 0.0186. The summed E-state index contributed by atoms with van der Waals surface area (Å²) in [5, 5.41) is 30.8. The van der Waals surface area contributed by atoms with E-state index in [1.807, 2.05) is 0 Å². The van der Waals surface area contributed by atoms with E-state index in [1.165, 1.54) is 50.5 Å². The quantitative estimate of drug-likeness (QED) is 0.184. The minimum Gasteiger partial charge on any atom is -0.481 e. The Morgan fingerprint density at radius 2 is 1.77 bits per heavy atom. The number of aliphatic hydroxyl groups is 1. The predicted molar refractivity (Wildman–Crippen MR) is 152 cm³/mol. The molecule has 222 valence electrons. The Labute approximate surface area is 236 Å². The summed E-state index contributed by atoms with van der Waals surface area (Å²) in [5.74, 6) is 0.132. The van der Waals surface area contributed by atoms with Crippen LogP contribution in [0.5, 0.6) is 0 Å². The molecule has 0 spiro atoms. The highest BCUT2D eigenvalue weighted by Crippen LogP contribution is 2.68. The summed E-state index contributed by atoms with van der Waals surface area (Å²) in [6.07, 6.45) is 13.2. The molecule has 0 aromatic carbocycles. The number of carbonyl (C=O) groups is 2. The molecular weight excluding hydrogens is 492 g/mol. The summed E-state index contributed by atoms with van der Waals surface area (Å²) in [4.78, 5) is 23.6. The number of rotatable bonds is 11. The third-order valence-corrected chi connectivity index (χ3v) is 12.1. The fourth-order valence-electron chi connectivity index (χ4n) is 9.84. The molecule has 3 fully saturated rings. The van der Waals surface area contributed by atoms with Crippen LogP contribution in [0.25, 0.3) is 0 Å². The molecule has 6 nitrogen and oxygen atoms in total. The lowest BCUT2D eigenvalue weighted by atomic mass is 9.46. The summed E-state index contributed by atoms with van der Waals surface area (Å²) < 4.78 is 5.93. The molecule has 0 amide bonds. The van der Waals surface area contributed by atoms with Gasteiger partial charge in [-0.3, -0.25) is 4.79 Å². The number of hydrogen-bond donors (Lipinski definition) is 3. The first kappa shape index (κ1) is 30.6. The van der Waals surface area contributed by atoms with Crippen molar-refractivity contribution in [3.05, 3.63) is 11.6 Å². The molecule has 5 unspecified atom stereocenters. The van der Waals surface area contributed by atoms with Gasteiger partial charge in [-0.2, -0.15) is 0 Å². The molecule has 0 aromatic heterocycles. The summed E-state index contributed by atoms with van der Waals surface area (Å²) in [7, 11) is 0. The van der Waals surface area contributed by atoms with E-state index in [4.69, 9.17) is 4.74 Å². The molecule has 4 aliphatic carbocycles. The number of hydrogen-bond acceptors (Lipinski definition) is 4. The molecule has 0 radical (unpaired) electrons. The Morgan fingerprint density at radius 3 is 2.38 bits per heavy atom. The number of carboxylic acids is 2. The van der Waals surface area contributed by atoms with Crippen molar-refractivity contribution in [2.24, 2.45) is 46.3 Å². The van der Waals surface area contributed by atoms with E-state index in [0.29, 0.717) is 23.7 Å². The molecule has 0 bridgehead atoms. The van der Waals surface area contributed by atoms with Gasteiger partial charge in [-0.1, -0.05) is 72.5 Å². The zero-order valence-corrected chi connectivity index (χ0v) is 25.3. The third kappa shape index (κ3) is 5.58. The van der Waals surface area contributed by atoms with Gasteiger partial charge in [0.05, 0.1) is 6.42 Å². The zero-order valence-electron chi connectivity index (χ0n) is 25.3. The standard InChI is InChI=1S/C33H54O6/c1-7-32(29(36)37,20-28(34)35)39-33(38)18-17-30(5)23(19-33)11-12-24-26-14-13-25(22(4)10-8-9-21(2)3)31(26,6)16-15-27(24)30/h11,21-22,24-27,38H,7-10,12-20H2,1-6H3,(H,34,35)(H,36,37)/t22-,24?,25-,26?,27?,30+,31-,32?,33?/m1/s1. The average Bonchev–Trinajstić information content (AvgIpc) is 3.20. The largest absolute Gasteiger partial charge is 0.481 e. The number of carboxylic acid groups (broad SMARTS) is 2. The highest BCUT2D eigenvalue weighted by atomic mass is 16.6. The number of fused-ring (bicyclic) bond motifs is 5. The second-order valence-electron chi connectivity index (χ2n) is 14.7. The molecule has 0 saturated heterocycles. The van der Waals surface area contributed by atoms with Crippen LogP contribution in [0.4, 0.5) is 0 Å². The van der Waals surface area contributed by atoms with Crippen LogP contribution in [-0.2, 0) is 14.3 Å². The van der Waals surface area contributed by atoms with E-state index in [2.05, 4.69) is 40.7 Å². The summed E-state index contributed by atoms with van der Waals surface area (Å²) in [6.45, 7) is 13.7. The molecule has 4 aliphatic rings. The molecule has 6 heteroatoms. The van der Waals surface area contributed by atoms with E-state index < -0.39 is 29.7 Å². The fraction of sp³-hybridized carbons (Fsp3) is 0.879. The van der Waals surface area contributed by atoms with Crippen molar-refractivity contribution in [1.82, 2.24) is 0 Å². The Kier molecular flexibility index (Phi) is 8.71. The van der Waals surface area contributed by atoms with Crippen molar-refractivity contribution >= 4 is 11.9 Å². The van der Waals surface area contributed by atoms with Gasteiger partial charge in [0.1, 0.15) is 0 Å². The van der Waals surface area contributed by atoms with Crippen molar-refractivity contribution in [3.63, 3.8) is 0 Å². The predicted octanol–water partition coefficient (Wildman–Crippen LogP) is 7.44. The number of aliphatic carboxylic acids is 2. The number of allylic oxidation sites excluding steroid dienone is 1. The lowest BCUT2D eigenvalue weighted by Gasteiger charge is -2.59. The van der Waals surface area contributed by atoms with Crippen LogP contribution >= 0.6 is 0 Å². The maximum absolute atomic E-state index is 12.1. The normalized spacial score (nSPS) is 40.2. The van der Waals surface area contributed by atoms with Gasteiger partial charge in [-0.15, -0.1) is 0 Å². The van der Waals surface area contributed by atoms with E-state index in [-0.39, 0.29) is 18.3 Å². The molecule has 0 aromatic rings. The van der Waals surface area contributed by atoms with Gasteiger partial charge in [0.25, 0.3) is 0 Å². The fourth-order valence-corrected chi connectivity index (χ4v) is 9.84. The summed E-state index contributed by atoms with van der Waals surface area (Å²) >= 11 is 0. The number of ether oxygens (including phenoxy) is 1. The zero-order chi connectivity index (χ0) is 28.8. The molecular formula is C33H54O6. The van der Waals surface area contributed by atoms with Gasteiger partial charge in [0.15, 0.2) is 11.4 Å². The van der Waals surface area contributed by atoms with Gasteiger partial charge < -0.3 is 20.1 Å². The van der Waals surface area contributed by atoms with Gasteiger partial charge in [0, 0.05) is 12.8 Å². The van der Waals surface area contributed by atoms with Crippen LogP contribution in [0.15, 0.2) is 11.6 Å². The lowest BCUT2D eigenvalue weighted by Crippen LogP contribution is -2.56. The molecule has 4 rings (SSSR count). The second kappa shape index (κ2) is 11.1. The van der Waals surface area contributed by atoms with Gasteiger partial charge in [-0.25, -0.2) is 4.79 Å². The van der Waals surface area contributed by atoms with E-state index in [9.17, 15) is 24.9 Å². The van der Waals surface area contributed by atoms with Crippen LogP contribution in [-0.4, -0.2) is 38.6 Å². The highest BCUT2D eigenvalue weighted by Gasteiger charge is 2.61. The first-order chi connectivity index (χ1) is 18.2. The first-order valence-corrected chi connectivity index (χ1v) is 15.8. The third-order valence-electron chi connectivity index (χ3n) is 12.1. The monoisotopic (exact) mass is 546 g/mol. The Hall–Kier alpha value is -1.40. The van der Waals surface area contributed by atoms with Crippen LogP contribution in [0.3, 0.4) is 0 Å². The average molecular weight is 547 g/mol. The molecule has 3 N–H and O–H groups in total. The minimum atomic E-state index is -1.93. The van der Waals surface area contributed by atoms with Crippen LogP contribution in [0.2, 0.25) is 0 Å². The van der Waals surface area contributed by atoms with Gasteiger partial charge >= 0.3 is 11.9 Å². The van der Waals surface area contributed by atoms with Crippen LogP contribution in [0, 0.1) is 46.3 Å². The van der Waals surface area contributed by atoms with E-state index in [1.54, 1.807) is 6.92 Å². The maximum atomic E-state index is 12.1. The smallest absolute Gasteiger partial charge is 0.336 e. The van der Waals surface area contributed by atoms with Crippen LogP contribution in [0.1, 0.15) is 125 Å². The SMILES string of the molecule is CCC(CC(=O)O)(OC1(O)CC[C@@]2(C)C(=CCC3C2CC[C@@]2(C)C3CC[C@@H]2[C@H](C)CCCC(C)C)C1)C(=O)O. The van der Waals surface area contributed by atoms with Crippen molar-refractivity contribution in [3.8, 4) is 0 Å². The Bertz CT molecular complexity index is 958. The van der Waals surface area contributed by atoms with Crippen molar-refractivity contribution < 1.29 is 29.6 Å².